The Morgan fingerprint density at radius 2 is 1.60 bits per heavy atom. The summed E-state index contributed by atoms with van der Waals surface area (Å²) in [5, 5.41) is 9.39. The summed E-state index contributed by atoms with van der Waals surface area (Å²) in [7, 11) is 1.91. The number of carbonyl (C=O) groups excluding carboxylic acids is 1. The Hall–Kier alpha value is -2.96. The van der Waals surface area contributed by atoms with Crippen LogP contribution >= 0.6 is 11.8 Å². The van der Waals surface area contributed by atoms with Crippen molar-refractivity contribution in [2.75, 3.05) is 43.9 Å². The van der Waals surface area contributed by atoms with E-state index in [9.17, 15) is 9.90 Å². The average molecular weight is 490 g/mol. The number of para-hydroxylation sites is 1. The molecule has 5 nitrogen and oxygen atoms in total. The van der Waals surface area contributed by atoms with Crippen LogP contribution in [-0.2, 0) is 17.9 Å². The van der Waals surface area contributed by atoms with Gasteiger partial charge in [0.05, 0.1) is 0 Å². The molecule has 0 aliphatic carbocycles. The molecule has 0 radical (unpaired) electrons. The van der Waals surface area contributed by atoms with Crippen molar-refractivity contribution in [1.29, 1.82) is 0 Å². The SMILES string of the molecule is CN(Cc1ccccc1N1CCN(Cc2ccccc2)CC1)C(=O)CCCSc1ccc(O)cc1. The number of hydrogen-bond acceptors (Lipinski definition) is 5. The van der Waals surface area contributed by atoms with Crippen molar-refractivity contribution in [3.8, 4) is 5.75 Å². The van der Waals surface area contributed by atoms with Gasteiger partial charge in [-0.3, -0.25) is 9.69 Å². The number of phenols is 1. The van der Waals surface area contributed by atoms with E-state index in [1.165, 1.54) is 16.8 Å². The van der Waals surface area contributed by atoms with Gasteiger partial charge in [0.1, 0.15) is 5.75 Å². The molecule has 3 aromatic carbocycles. The molecule has 0 saturated carbocycles. The van der Waals surface area contributed by atoms with Crippen LogP contribution in [0.4, 0.5) is 5.69 Å². The molecule has 35 heavy (non-hydrogen) atoms. The molecule has 1 aliphatic heterocycles. The van der Waals surface area contributed by atoms with Crippen LogP contribution in [0, 0.1) is 0 Å². The first-order chi connectivity index (χ1) is 17.1. The first-order valence-electron chi connectivity index (χ1n) is 12.3. The second kappa shape index (κ2) is 12.7. The average Bonchev–Trinajstić information content (AvgIpc) is 2.89. The second-order valence-corrected chi connectivity index (χ2v) is 10.2. The van der Waals surface area contributed by atoms with Crippen LogP contribution in [0.25, 0.3) is 0 Å². The van der Waals surface area contributed by atoms with Gasteiger partial charge in [0, 0.05) is 63.3 Å². The molecular weight excluding hydrogens is 454 g/mol. The third kappa shape index (κ3) is 7.51. The Morgan fingerprint density at radius 1 is 0.914 bits per heavy atom. The van der Waals surface area contributed by atoms with Gasteiger partial charge in [-0.1, -0.05) is 48.5 Å². The Bertz CT molecular complexity index is 1070. The first-order valence-corrected chi connectivity index (χ1v) is 13.3. The van der Waals surface area contributed by atoms with E-state index in [1.54, 1.807) is 23.9 Å². The van der Waals surface area contributed by atoms with Crippen LogP contribution in [0.15, 0.2) is 83.8 Å². The van der Waals surface area contributed by atoms with E-state index < -0.39 is 0 Å². The number of hydrogen-bond donors (Lipinski definition) is 1. The minimum atomic E-state index is 0.179. The van der Waals surface area contributed by atoms with Crippen molar-refractivity contribution in [3.05, 3.63) is 90.0 Å². The molecule has 0 bridgehead atoms. The summed E-state index contributed by atoms with van der Waals surface area (Å²) in [6.07, 6.45) is 1.38. The third-order valence-electron chi connectivity index (χ3n) is 6.43. The predicted octanol–water partition coefficient (Wildman–Crippen LogP) is 5.25. The van der Waals surface area contributed by atoms with Gasteiger partial charge < -0.3 is 14.9 Å². The van der Waals surface area contributed by atoms with E-state index in [2.05, 4.69) is 64.4 Å². The molecule has 3 aromatic rings. The highest BCUT2D eigenvalue weighted by atomic mass is 32.2. The van der Waals surface area contributed by atoms with Crippen molar-refractivity contribution in [2.24, 2.45) is 0 Å². The number of phenolic OH excluding ortho intramolecular Hbond substituents is 1. The van der Waals surface area contributed by atoms with Gasteiger partial charge >= 0.3 is 0 Å². The van der Waals surface area contributed by atoms with Crippen LogP contribution < -0.4 is 4.90 Å². The number of amides is 1. The lowest BCUT2D eigenvalue weighted by molar-refractivity contribution is -0.130. The second-order valence-electron chi connectivity index (χ2n) is 9.07. The molecule has 0 unspecified atom stereocenters. The number of carbonyl (C=O) groups is 1. The maximum Gasteiger partial charge on any atom is 0.222 e. The monoisotopic (exact) mass is 489 g/mol. The highest BCUT2D eigenvalue weighted by Crippen LogP contribution is 2.25. The fourth-order valence-electron chi connectivity index (χ4n) is 4.43. The molecule has 1 N–H and O–H groups in total. The molecule has 0 atom stereocenters. The lowest BCUT2D eigenvalue weighted by Crippen LogP contribution is -2.46. The summed E-state index contributed by atoms with van der Waals surface area (Å²) in [6, 6.07) is 26.4. The molecule has 4 rings (SSSR count). The zero-order valence-corrected chi connectivity index (χ0v) is 21.3. The van der Waals surface area contributed by atoms with Crippen molar-refractivity contribution in [2.45, 2.75) is 30.8 Å². The quantitative estimate of drug-likeness (QED) is 0.312. The topological polar surface area (TPSA) is 47.0 Å². The third-order valence-corrected chi connectivity index (χ3v) is 7.53. The van der Waals surface area contributed by atoms with E-state index in [1.807, 2.05) is 24.1 Å². The maximum absolute atomic E-state index is 12.8. The van der Waals surface area contributed by atoms with E-state index in [-0.39, 0.29) is 11.7 Å². The van der Waals surface area contributed by atoms with E-state index in [0.29, 0.717) is 13.0 Å². The van der Waals surface area contributed by atoms with Gasteiger partial charge in [-0.25, -0.2) is 0 Å². The van der Waals surface area contributed by atoms with Gasteiger partial charge in [0.25, 0.3) is 0 Å². The molecule has 1 heterocycles. The molecular formula is C29H35N3O2S. The van der Waals surface area contributed by atoms with Crippen molar-refractivity contribution in [3.63, 3.8) is 0 Å². The number of piperazine rings is 1. The highest BCUT2D eigenvalue weighted by Gasteiger charge is 2.20. The number of nitrogens with zero attached hydrogens (tertiary/aromatic N) is 3. The van der Waals surface area contributed by atoms with E-state index in [4.69, 9.17) is 0 Å². The van der Waals surface area contributed by atoms with Crippen LogP contribution in [0.5, 0.6) is 5.75 Å². The van der Waals surface area contributed by atoms with Crippen LogP contribution in [0.2, 0.25) is 0 Å². The first kappa shape index (κ1) is 25.1. The maximum atomic E-state index is 12.8. The Morgan fingerprint density at radius 3 is 2.34 bits per heavy atom. The van der Waals surface area contributed by atoms with Gasteiger partial charge in [-0.15, -0.1) is 11.8 Å². The fourth-order valence-corrected chi connectivity index (χ4v) is 5.28. The summed E-state index contributed by atoms with van der Waals surface area (Å²) in [4.78, 5) is 20.7. The van der Waals surface area contributed by atoms with Crippen LogP contribution in [0.1, 0.15) is 24.0 Å². The fraction of sp³-hybridized carbons (Fsp3) is 0.345. The van der Waals surface area contributed by atoms with Gasteiger partial charge in [0.15, 0.2) is 0 Å². The molecule has 184 valence electrons. The smallest absolute Gasteiger partial charge is 0.222 e. The molecule has 0 aromatic heterocycles. The van der Waals surface area contributed by atoms with Crippen molar-refractivity contribution in [1.82, 2.24) is 9.80 Å². The minimum absolute atomic E-state index is 0.179. The summed E-state index contributed by atoms with van der Waals surface area (Å²) < 4.78 is 0. The summed E-state index contributed by atoms with van der Waals surface area (Å²) >= 11 is 1.72. The number of benzene rings is 3. The molecule has 1 aliphatic rings. The lowest BCUT2D eigenvalue weighted by Gasteiger charge is -2.37. The molecule has 1 fully saturated rings. The molecule has 1 saturated heterocycles. The zero-order valence-electron chi connectivity index (χ0n) is 20.5. The van der Waals surface area contributed by atoms with Crippen molar-refractivity contribution < 1.29 is 9.90 Å². The number of rotatable bonds is 10. The predicted molar refractivity (Wildman–Crippen MR) is 145 cm³/mol. The standard InChI is InChI=1S/C29H35N3O2S/c1-30(29(34)12-7-21-35-27-15-13-26(33)14-16-27)23-25-10-5-6-11-28(25)32-19-17-31(18-20-32)22-24-8-3-2-4-9-24/h2-6,8-11,13-16,33H,7,12,17-23H2,1H3. The summed E-state index contributed by atoms with van der Waals surface area (Å²) in [5.41, 5.74) is 3.82. The summed E-state index contributed by atoms with van der Waals surface area (Å²) in [6.45, 7) is 5.70. The van der Waals surface area contributed by atoms with Gasteiger partial charge in [-0.05, 0) is 53.6 Å². The summed E-state index contributed by atoms with van der Waals surface area (Å²) in [5.74, 6) is 1.34. The van der Waals surface area contributed by atoms with Gasteiger partial charge in [-0.2, -0.15) is 0 Å². The largest absolute Gasteiger partial charge is 0.508 e. The highest BCUT2D eigenvalue weighted by molar-refractivity contribution is 7.99. The van der Waals surface area contributed by atoms with Crippen LogP contribution in [-0.4, -0.2) is 59.8 Å². The van der Waals surface area contributed by atoms with Crippen molar-refractivity contribution >= 4 is 23.4 Å². The Labute approximate surface area is 213 Å². The van der Waals surface area contributed by atoms with Crippen LogP contribution in [0.3, 0.4) is 0 Å². The normalized spacial score (nSPS) is 14.1. The lowest BCUT2D eigenvalue weighted by atomic mass is 10.1. The van der Waals surface area contributed by atoms with E-state index >= 15 is 0 Å². The zero-order chi connectivity index (χ0) is 24.5. The van der Waals surface area contributed by atoms with Gasteiger partial charge in [0.2, 0.25) is 5.91 Å². The number of aromatic hydroxyl groups is 1. The molecule has 1 amide bonds. The molecule has 6 heteroatoms. The number of thioether (sulfide) groups is 1. The molecule has 0 spiro atoms. The van der Waals surface area contributed by atoms with E-state index in [0.717, 1.165) is 49.8 Å². The number of anilines is 1. The Kier molecular flexibility index (Phi) is 9.09. The minimum Gasteiger partial charge on any atom is -0.508 e. The Balaban J connectivity index is 1.24.